The van der Waals surface area contributed by atoms with Crippen molar-refractivity contribution in [1.82, 2.24) is 15.1 Å². The maximum atomic E-state index is 13.9. The third-order valence-electron chi connectivity index (χ3n) is 5.38. The van der Waals surface area contributed by atoms with Gasteiger partial charge in [-0.2, -0.15) is 0 Å². The van der Waals surface area contributed by atoms with Gasteiger partial charge >= 0.3 is 0 Å². The maximum Gasteiger partial charge on any atom is 0.223 e. The second kappa shape index (κ2) is 7.79. The summed E-state index contributed by atoms with van der Waals surface area (Å²) in [7, 11) is 4.07. The van der Waals surface area contributed by atoms with Crippen molar-refractivity contribution >= 4 is 5.91 Å². The number of likely N-dealkylation sites (N-methyl/N-ethyl adjacent to an activating group) is 1. The van der Waals surface area contributed by atoms with Crippen LogP contribution >= 0.6 is 0 Å². The van der Waals surface area contributed by atoms with Gasteiger partial charge in [0.2, 0.25) is 5.91 Å². The maximum absolute atomic E-state index is 13.9. The number of rotatable bonds is 6. The number of hydrogen-bond donors (Lipinski definition) is 1. The van der Waals surface area contributed by atoms with Gasteiger partial charge in [-0.3, -0.25) is 9.69 Å². The highest BCUT2D eigenvalue weighted by Crippen LogP contribution is 2.29. The first-order valence-electron chi connectivity index (χ1n) is 9.05. The third kappa shape index (κ3) is 4.55. The van der Waals surface area contributed by atoms with E-state index in [9.17, 15) is 13.6 Å². The van der Waals surface area contributed by atoms with Crippen LogP contribution in [0.2, 0.25) is 0 Å². The second-order valence-electron chi connectivity index (χ2n) is 7.55. The topological polar surface area (TPSA) is 35.6 Å². The number of benzene rings is 1. The molecule has 4 nitrogen and oxygen atoms in total. The fourth-order valence-electron chi connectivity index (χ4n) is 3.65. The lowest BCUT2D eigenvalue weighted by Gasteiger charge is -2.42. The molecule has 0 aromatic heterocycles. The van der Waals surface area contributed by atoms with Crippen LogP contribution in [0, 0.1) is 23.5 Å². The van der Waals surface area contributed by atoms with Crippen molar-refractivity contribution in [1.29, 1.82) is 0 Å². The molecule has 0 bridgehead atoms. The molecule has 0 spiro atoms. The summed E-state index contributed by atoms with van der Waals surface area (Å²) in [5.74, 6) is -0.746. The quantitative estimate of drug-likeness (QED) is 0.854. The molecule has 1 aromatic rings. The van der Waals surface area contributed by atoms with E-state index in [0.717, 1.165) is 38.4 Å². The lowest BCUT2D eigenvalue weighted by molar-refractivity contribution is -0.122. The van der Waals surface area contributed by atoms with Gasteiger partial charge in [0.25, 0.3) is 0 Å². The number of halogens is 2. The van der Waals surface area contributed by atoms with Gasteiger partial charge in [-0.25, -0.2) is 8.78 Å². The Labute approximate surface area is 148 Å². The molecule has 1 aromatic carbocycles. The number of carbonyl (C=O) groups is 1. The van der Waals surface area contributed by atoms with Crippen molar-refractivity contribution < 1.29 is 13.6 Å². The number of likely N-dealkylation sites (tertiary alicyclic amines) is 1. The molecule has 3 rings (SSSR count). The van der Waals surface area contributed by atoms with Crippen molar-refractivity contribution in [3.05, 3.63) is 35.4 Å². The zero-order chi connectivity index (χ0) is 18.0. The summed E-state index contributed by atoms with van der Waals surface area (Å²) in [5.41, 5.74) is 0.401. The van der Waals surface area contributed by atoms with Crippen LogP contribution in [0.25, 0.3) is 0 Å². The first-order valence-corrected chi connectivity index (χ1v) is 9.05. The monoisotopic (exact) mass is 351 g/mol. The number of piperidine rings is 1. The van der Waals surface area contributed by atoms with Crippen LogP contribution in [0.5, 0.6) is 0 Å². The summed E-state index contributed by atoms with van der Waals surface area (Å²) in [6.45, 7) is 2.71. The van der Waals surface area contributed by atoms with Gasteiger partial charge < -0.3 is 10.2 Å². The zero-order valence-corrected chi connectivity index (χ0v) is 15.0. The highest BCUT2D eigenvalue weighted by atomic mass is 19.2. The van der Waals surface area contributed by atoms with E-state index in [2.05, 4.69) is 15.1 Å². The fourth-order valence-corrected chi connectivity index (χ4v) is 3.65. The number of nitrogens with zero attached hydrogens (tertiary/aromatic N) is 2. The van der Waals surface area contributed by atoms with E-state index in [-0.39, 0.29) is 17.9 Å². The molecule has 2 atom stereocenters. The summed E-state index contributed by atoms with van der Waals surface area (Å²) in [5, 5.41) is 3.09. The van der Waals surface area contributed by atoms with Gasteiger partial charge in [-0.1, -0.05) is 12.1 Å². The molecule has 1 saturated heterocycles. The van der Waals surface area contributed by atoms with Crippen LogP contribution in [0.1, 0.15) is 24.8 Å². The van der Waals surface area contributed by atoms with E-state index in [1.807, 2.05) is 14.1 Å². The van der Waals surface area contributed by atoms with Gasteiger partial charge in [-0.15, -0.1) is 0 Å². The first kappa shape index (κ1) is 18.3. The number of hydrogen-bond acceptors (Lipinski definition) is 3. The van der Waals surface area contributed by atoms with Crippen molar-refractivity contribution in [3.8, 4) is 0 Å². The van der Waals surface area contributed by atoms with Crippen LogP contribution < -0.4 is 5.32 Å². The Morgan fingerprint density at radius 3 is 2.72 bits per heavy atom. The average molecular weight is 351 g/mol. The molecule has 1 saturated carbocycles. The van der Waals surface area contributed by atoms with Crippen molar-refractivity contribution in [2.45, 2.75) is 31.8 Å². The average Bonchev–Trinajstić information content (AvgIpc) is 3.42. The third-order valence-corrected chi connectivity index (χ3v) is 5.38. The fraction of sp³-hybridized carbons (Fsp3) is 0.632. The van der Waals surface area contributed by atoms with Gasteiger partial charge in [0.05, 0.1) is 0 Å². The molecule has 1 heterocycles. The predicted octanol–water partition coefficient (Wildman–Crippen LogP) is 2.24. The molecule has 138 valence electrons. The Bertz CT molecular complexity index is 619. The highest BCUT2D eigenvalue weighted by Gasteiger charge is 2.33. The Kier molecular flexibility index (Phi) is 5.69. The smallest absolute Gasteiger partial charge is 0.223 e. The molecule has 25 heavy (non-hydrogen) atoms. The number of nitrogens with one attached hydrogen (secondary N) is 1. The van der Waals surface area contributed by atoms with Crippen LogP contribution in [-0.4, -0.2) is 55.5 Å². The number of amides is 1. The zero-order valence-electron chi connectivity index (χ0n) is 15.0. The van der Waals surface area contributed by atoms with Crippen LogP contribution in [0.3, 0.4) is 0 Å². The standard InChI is InChI=1S/C19H27F2N3O/c1-23(2)17-12-24(11-15-4-3-5-16(20)18(15)21)9-8-14(17)10-22-19(25)13-6-7-13/h3-5,13-14,17H,6-12H2,1-2H3,(H,22,25)/t14-,17-/m1/s1. The summed E-state index contributed by atoms with van der Waals surface area (Å²) in [4.78, 5) is 16.2. The van der Waals surface area contributed by atoms with Crippen molar-refractivity contribution in [2.24, 2.45) is 11.8 Å². The van der Waals surface area contributed by atoms with Crippen LogP contribution in [0.15, 0.2) is 18.2 Å². The number of carbonyl (C=O) groups excluding carboxylic acids is 1. The minimum absolute atomic E-state index is 0.182. The minimum Gasteiger partial charge on any atom is -0.356 e. The Hall–Kier alpha value is -1.53. The van der Waals surface area contributed by atoms with E-state index >= 15 is 0 Å². The molecule has 1 aliphatic heterocycles. The molecular formula is C19H27F2N3O. The molecule has 2 fully saturated rings. The Morgan fingerprint density at radius 2 is 2.04 bits per heavy atom. The lowest BCUT2D eigenvalue weighted by Crippen LogP contribution is -2.53. The summed E-state index contributed by atoms with van der Waals surface area (Å²) in [6.07, 6.45) is 2.96. The first-order chi connectivity index (χ1) is 12.0. The molecule has 6 heteroatoms. The Balaban J connectivity index is 1.58. The predicted molar refractivity (Wildman–Crippen MR) is 93.0 cm³/mol. The largest absolute Gasteiger partial charge is 0.356 e. The lowest BCUT2D eigenvalue weighted by atomic mass is 9.90. The molecule has 0 unspecified atom stereocenters. The Morgan fingerprint density at radius 1 is 1.28 bits per heavy atom. The van der Waals surface area contributed by atoms with E-state index in [1.54, 1.807) is 12.1 Å². The van der Waals surface area contributed by atoms with Gasteiger partial charge in [-0.05, 0) is 51.9 Å². The highest BCUT2D eigenvalue weighted by molar-refractivity contribution is 5.80. The van der Waals surface area contributed by atoms with Crippen LogP contribution in [0.4, 0.5) is 8.78 Å². The second-order valence-corrected chi connectivity index (χ2v) is 7.55. The normalized spacial score (nSPS) is 24.5. The van der Waals surface area contributed by atoms with E-state index in [1.165, 1.54) is 0 Å². The minimum atomic E-state index is -0.792. The summed E-state index contributed by atoms with van der Waals surface area (Å²) >= 11 is 0. The van der Waals surface area contributed by atoms with Crippen molar-refractivity contribution in [2.75, 3.05) is 33.7 Å². The summed E-state index contributed by atoms with van der Waals surface area (Å²) in [6, 6.07) is 4.63. The van der Waals surface area contributed by atoms with Crippen LogP contribution in [-0.2, 0) is 11.3 Å². The molecular weight excluding hydrogens is 324 g/mol. The SMILES string of the molecule is CN(C)[C@@H]1CN(Cc2cccc(F)c2F)CC[C@@H]1CNC(=O)C1CC1. The molecule has 1 amide bonds. The molecule has 1 aliphatic carbocycles. The van der Waals surface area contributed by atoms with Gasteiger partial charge in [0.15, 0.2) is 11.6 Å². The van der Waals surface area contributed by atoms with Gasteiger partial charge in [0.1, 0.15) is 0 Å². The molecule has 1 N–H and O–H groups in total. The van der Waals surface area contributed by atoms with E-state index < -0.39 is 11.6 Å². The van der Waals surface area contributed by atoms with Gasteiger partial charge in [0, 0.05) is 37.2 Å². The van der Waals surface area contributed by atoms with Crippen molar-refractivity contribution in [3.63, 3.8) is 0 Å². The van der Waals surface area contributed by atoms with E-state index in [0.29, 0.717) is 24.6 Å². The summed E-state index contributed by atoms with van der Waals surface area (Å²) < 4.78 is 27.3. The molecule has 2 aliphatic rings. The van der Waals surface area contributed by atoms with E-state index in [4.69, 9.17) is 0 Å². The molecule has 0 radical (unpaired) electrons.